The van der Waals surface area contributed by atoms with Crippen molar-refractivity contribution in [3.05, 3.63) is 52.0 Å². The van der Waals surface area contributed by atoms with Crippen LogP contribution in [-0.2, 0) is 4.79 Å². The zero-order chi connectivity index (χ0) is 18.7. The maximum atomic E-state index is 13.0. The Morgan fingerprint density at radius 2 is 1.92 bits per heavy atom. The molecule has 3 rings (SSSR count). The third-order valence-corrected chi connectivity index (χ3v) is 4.98. The van der Waals surface area contributed by atoms with Gasteiger partial charge in [-0.1, -0.05) is 41.1 Å². The number of amides is 1. The first kappa shape index (κ1) is 18.5. The quantitative estimate of drug-likeness (QED) is 0.611. The number of benzene rings is 2. The van der Waals surface area contributed by atoms with Crippen molar-refractivity contribution in [1.82, 2.24) is 0 Å². The minimum absolute atomic E-state index is 0.0359. The highest BCUT2D eigenvalue weighted by Gasteiger charge is 2.31. The van der Waals surface area contributed by atoms with E-state index in [0.717, 1.165) is 27.7 Å². The second kappa shape index (κ2) is 7.96. The zero-order valence-corrected chi connectivity index (χ0v) is 16.8. The number of hydrogen-bond donors (Lipinski definition) is 0. The van der Waals surface area contributed by atoms with Crippen molar-refractivity contribution in [3.8, 4) is 11.5 Å². The van der Waals surface area contributed by atoms with Gasteiger partial charge in [-0.15, -0.1) is 0 Å². The van der Waals surface area contributed by atoms with Crippen molar-refractivity contribution in [2.24, 2.45) is 0 Å². The third kappa shape index (κ3) is 3.36. The molecule has 0 aliphatic carbocycles. The predicted octanol–water partition coefficient (Wildman–Crippen LogP) is 5.15. The molecular weight excluding hydrogens is 394 g/mol. The maximum Gasteiger partial charge on any atom is 0.258 e. The summed E-state index contributed by atoms with van der Waals surface area (Å²) in [5.74, 6) is 1.36. The van der Waals surface area contributed by atoms with E-state index >= 15 is 0 Å². The molecule has 5 heteroatoms. The molecule has 26 heavy (non-hydrogen) atoms. The number of methoxy groups -OCH3 is 1. The number of fused-ring (bicyclic) bond motifs is 1. The lowest BCUT2D eigenvalue weighted by Crippen LogP contribution is -2.26. The minimum atomic E-state index is 0.0359. The predicted molar refractivity (Wildman–Crippen MR) is 109 cm³/mol. The second-order valence-corrected chi connectivity index (χ2v) is 6.84. The topological polar surface area (TPSA) is 38.8 Å². The number of hydrogen-bond acceptors (Lipinski definition) is 3. The van der Waals surface area contributed by atoms with E-state index in [-0.39, 0.29) is 5.91 Å². The Morgan fingerprint density at radius 3 is 2.62 bits per heavy atom. The van der Waals surface area contributed by atoms with Crippen molar-refractivity contribution in [2.45, 2.75) is 20.3 Å². The lowest BCUT2D eigenvalue weighted by Gasteiger charge is -2.15. The van der Waals surface area contributed by atoms with Crippen LogP contribution in [0.5, 0.6) is 11.5 Å². The summed E-state index contributed by atoms with van der Waals surface area (Å²) in [6.45, 7) is 5.26. The van der Waals surface area contributed by atoms with Crippen LogP contribution in [0.3, 0.4) is 0 Å². The highest BCUT2D eigenvalue weighted by molar-refractivity contribution is 9.10. The number of para-hydroxylation sites is 1. The molecule has 0 N–H and O–H groups in total. The van der Waals surface area contributed by atoms with E-state index < -0.39 is 0 Å². The molecule has 0 atom stereocenters. The number of carbonyl (C=O) groups is 1. The molecule has 0 saturated heterocycles. The number of anilines is 1. The fraction of sp³-hybridized carbons (Fsp3) is 0.286. The molecule has 0 bridgehead atoms. The van der Waals surface area contributed by atoms with Crippen molar-refractivity contribution in [1.29, 1.82) is 0 Å². The van der Waals surface area contributed by atoms with Gasteiger partial charge < -0.3 is 14.4 Å². The van der Waals surface area contributed by atoms with Gasteiger partial charge in [0.05, 0.1) is 19.4 Å². The summed E-state index contributed by atoms with van der Waals surface area (Å²) in [5.41, 5.74) is 3.51. The van der Waals surface area contributed by atoms with Gasteiger partial charge in [-0.2, -0.15) is 0 Å². The molecule has 0 saturated carbocycles. The number of ether oxygens (including phenoxy) is 2. The van der Waals surface area contributed by atoms with Gasteiger partial charge in [-0.05, 0) is 43.2 Å². The largest absolute Gasteiger partial charge is 0.493 e. The highest BCUT2D eigenvalue weighted by atomic mass is 79.9. The van der Waals surface area contributed by atoms with Gasteiger partial charge in [0.2, 0.25) is 0 Å². The van der Waals surface area contributed by atoms with Gasteiger partial charge in [-0.3, -0.25) is 4.79 Å². The molecule has 4 nitrogen and oxygen atoms in total. The van der Waals surface area contributed by atoms with Gasteiger partial charge in [-0.25, -0.2) is 0 Å². The summed E-state index contributed by atoms with van der Waals surface area (Å²) in [6.07, 6.45) is 2.83. The molecule has 1 aliphatic heterocycles. The second-order valence-electron chi connectivity index (χ2n) is 5.99. The normalized spacial score (nSPS) is 14.7. The van der Waals surface area contributed by atoms with Crippen LogP contribution in [0.4, 0.5) is 5.69 Å². The summed E-state index contributed by atoms with van der Waals surface area (Å²) in [5, 5.41) is 0. The van der Waals surface area contributed by atoms with Crippen LogP contribution < -0.4 is 14.4 Å². The Kier molecular flexibility index (Phi) is 5.67. The SMILES string of the molecule is CCCN1C(=O)/C(=C\c2cc(OCC)c(OC)cc2Br)c2ccccc21. The van der Waals surface area contributed by atoms with Crippen LogP contribution >= 0.6 is 15.9 Å². The van der Waals surface area contributed by atoms with E-state index in [1.165, 1.54) is 0 Å². The van der Waals surface area contributed by atoms with E-state index in [9.17, 15) is 4.79 Å². The first-order valence-corrected chi connectivity index (χ1v) is 9.53. The maximum absolute atomic E-state index is 13.0. The Hall–Kier alpha value is -2.27. The fourth-order valence-corrected chi connectivity index (χ4v) is 3.57. The molecular formula is C21H22BrNO3. The summed E-state index contributed by atoms with van der Waals surface area (Å²) in [4.78, 5) is 14.8. The molecule has 1 amide bonds. The standard InChI is InChI=1S/C21H22BrNO3/c1-4-10-23-18-9-7-6-8-15(18)16(21(23)24)11-14-12-20(26-5-2)19(25-3)13-17(14)22/h6-9,11-13H,4-5,10H2,1-3H3/b16-11-. The Labute approximate surface area is 162 Å². The Morgan fingerprint density at radius 1 is 1.15 bits per heavy atom. The van der Waals surface area contributed by atoms with Crippen molar-refractivity contribution in [3.63, 3.8) is 0 Å². The smallest absolute Gasteiger partial charge is 0.258 e. The van der Waals surface area contributed by atoms with Crippen LogP contribution in [0, 0.1) is 0 Å². The van der Waals surface area contributed by atoms with Crippen LogP contribution in [-0.4, -0.2) is 26.2 Å². The first-order valence-electron chi connectivity index (χ1n) is 8.74. The van der Waals surface area contributed by atoms with Crippen LogP contribution in [0.15, 0.2) is 40.9 Å². The van der Waals surface area contributed by atoms with Gasteiger partial charge in [0.25, 0.3) is 5.91 Å². The summed E-state index contributed by atoms with van der Waals surface area (Å²) >= 11 is 3.58. The van der Waals surface area contributed by atoms with Crippen LogP contribution in [0.2, 0.25) is 0 Å². The van der Waals surface area contributed by atoms with E-state index in [4.69, 9.17) is 9.47 Å². The van der Waals surface area contributed by atoms with Crippen molar-refractivity contribution in [2.75, 3.05) is 25.2 Å². The Bertz CT molecular complexity index is 860. The molecule has 0 aromatic heterocycles. The number of nitrogens with zero attached hydrogens (tertiary/aromatic N) is 1. The molecule has 1 heterocycles. The van der Waals surface area contributed by atoms with Gasteiger partial charge in [0.15, 0.2) is 11.5 Å². The molecule has 2 aromatic rings. The molecule has 0 fully saturated rings. The van der Waals surface area contributed by atoms with Crippen LogP contribution in [0.25, 0.3) is 11.6 Å². The van der Waals surface area contributed by atoms with Crippen molar-refractivity contribution >= 4 is 39.2 Å². The van der Waals surface area contributed by atoms with Gasteiger partial charge in [0, 0.05) is 22.2 Å². The lowest BCUT2D eigenvalue weighted by molar-refractivity contribution is -0.113. The van der Waals surface area contributed by atoms with E-state index in [2.05, 4.69) is 22.9 Å². The van der Waals surface area contributed by atoms with Gasteiger partial charge >= 0.3 is 0 Å². The fourth-order valence-electron chi connectivity index (χ4n) is 3.14. The summed E-state index contributed by atoms with van der Waals surface area (Å²) in [7, 11) is 1.61. The molecule has 1 aliphatic rings. The number of carbonyl (C=O) groups excluding carboxylic acids is 1. The highest BCUT2D eigenvalue weighted by Crippen LogP contribution is 2.40. The number of rotatable bonds is 6. The van der Waals surface area contributed by atoms with Crippen LogP contribution in [0.1, 0.15) is 31.4 Å². The minimum Gasteiger partial charge on any atom is -0.493 e. The monoisotopic (exact) mass is 415 g/mol. The zero-order valence-electron chi connectivity index (χ0n) is 15.2. The molecule has 0 spiro atoms. The average molecular weight is 416 g/mol. The van der Waals surface area contributed by atoms with Crippen molar-refractivity contribution < 1.29 is 14.3 Å². The molecule has 136 valence electrons. The van der Waals surface area contributed by atoms with E-state index in [1.54, 1.807) is 7.11 Å². The molecule has 2 aromatic carbocycles. The number of halogens is 1. The lowest BCUT2D eigenvalue weighted by atomic mass is 10.0. The Balaban J connectivity index is 2.10. The van der Waals surface area contributed by atoms with E-state index in [1.807, 2.05) is 54.3 Å². The third-order valence-electron chi connectivity index (χ3n) is 4.29. The first-order chi connectivity index (χ1) is 12.6. The average Bonchev–Trinajstić information content (AvgIpc) is 2.90. The summed E-state index contributed by atoms with van der Waals surface area (Å²) in [6, 6.07) is 11.7. The summed E-state index contributed by atoms with van der Waals surface area (Å²) < 4.78 is 11.9. The van der Waals surface area contributed by atoms with Gasteiger partial charge in [0.1, 0.15) is 0 Å². The molecule has 0 unspecified atom stereocenters. The molecule has 0 radical (unpaired) electrons. The van der Waals surface area contributed by atoms with E-state index in [0.29, 0.717) is 30.2 Å².